The molecule has 0 unspecified atom stereocenters. The molecule has 1 aromatic carbocycles. The molecule has 0 bridgehead atoms. The molecular weight excluding hydrogens is 301 g/mol. The van der Waals surface area contributed by atoms with Crippen molar-refractivity contribution in [3.63, 3.8) is 0 Å². The quantitative estimate of drug-likeness (QED) is 0.834. The number of hydrogen-bond acceptors (Lipinski definition) is 4. The van der Waals surface area contributed by atoms with Gasteiger partial charge in [-0.1, -0.05) is 6.07 Å². The first-order valence-corrected chi connectivity index (χ1v) is 7.67. The third-order valence-corrected chi connectivity index (χ3v) is 3.66. The van der Waals surface area contributed by atoms with E-state index in [0.717, 1.165) is 19.6 Å². The van der Waals surface area contributed by atoms with Crippen LogP contribution in [-0.4, -0.2) is 62.7 Å². The third-order valence-electron chi connectivity index (χ3n) is 3.66. The van der Waals surface area contributed by atoms with Gasteiger partial charge in [0.15, 0.2) is 0 Å². The largest absolute Gasteiger partial charge is 0.379 e. The lowest BCUT2D eigenvalue weighted by atomic mass is 10.2. The number of anilines is 1. The van der Waals surface area contributed by atoms with Crippen LogP contribution in [0.15, 0.2) is 24.3 Å². The van der Waals surface area contributed by atoms with Crippen molar-refractivity contribution in [1.82, 2.24) is 10.2 Å². The van der Waals surface area contributed by atoms with Gasteiger partial charge >= 0.3 is 0 Å². The van der Waals surface area contributed by atoms with Gasteiger partial charge in [-0.3, -0.25) is 14.5 Å². The van der Waals surface area contributed by atoms with E-state index in [4.69, 9.17) is 4.74 Å². The lowest BCUT2D eigenvalue weighted by Gasteiger charge is -2.26. The van der Waals surface area contributed by atoms with E-state index >= 15 is 0 Å². The van der Waals surface area contributed by atoms with Gasteiger partial charge in [0.2, 0.25) is 11.8 Å². The molecule has 1 heterocycles. The minimum Gasteiger partial charge on any atom is -0.379 e. The molecule has 1 fully saturated rings. The maximum absolute atomic E-state index is 13.3. The third kappa shape index (κ3) is 5.61. The van der Waals surface area contributed by atoms with E-state index in [1.165, 1.54) is 30.0 Å². The molecule has 0 radical (unpaired) electrons. The highest BCUT2D eigenvalue weighted by Gasteiger charge is 2.16. The summed E-state index contributed by atoms with van der Waals surface area (Å²) in [7, 11) is 0. The first-order valence-electron chi connectivity index (χ1n) is 7.67. The fraction of sp³-hybridized carbons (Fsp3) is 0.500. The predicted octanol–water partition coefficient (Wildman–Crippen LogP) is 0.627. The molecule has 0 aliphatic carbocycles. The van der Waals surface area contributed by atoms with Crippen molar-refractivity contribution >= 4 is 17.5 Å². The summed E-state index contributed by atoms with van der Waals surface area (Å²) in [6.07, 6.45) is 0. The van der Waals surface area contributed by atoms with Crippen molar-refractivity contribution in [2.24, 2.45) is 0 Å². The van der Waals surface area contributed by atoms with Crippen LogP contribution in [-0.2, 0) is 14.3 Å². The maximum Gasteiger partial charge on any atom is 0.240 e. The summed E-state index contributed by atoms with van der Waals surface area (Å²) in [5.41, 5.74) is 0.376. The lowest BCUT2D eigenvalue weighted by Crippen LogP contribution is -2.44. The van der Waals surface area contributed by atoms with E-state index in [0.29, 0.717) is 25.4 Å². The zero-order chi connectivity index (χ0) is 16.7. The van der Waals surface area contributed by atoms with Crippen LogP contribution in [0, 0.1) is 5.82 Å². The first kappa shape index (κ1) is 17.4. The van der Waals surface area contributed by atoms with Crippen molar-refractivity contribution in [1.29, 1.82) is 0 Å². The highest BCUT2D eigenvalue weighted by molar-refractivity contribution is 5.97. The number of benzene rings is 1. The number of rotatable bonds is 6. The standard InChI is InChI=1S/C16H22FN3O3/c1-13(21)20(15-4-2-3-14(17)11-15)12-16(22)18-5-6-19-7-9-23-10-8-19/h2-4,11H,5-10,12H2,1H3,(H,18,22). The van der Waals surface area contributed by atoms with Crippen LogP contribution in [0.3, 0.4) is 0 Å². The molecule has 2 amide bonds. The summed E-state index contributed by atoms with van der Waals surface area (Å²) in [5.74, 6) is -1.02. The van der Waals surface area contributed by atoms with Gasteiger partial charge in [0.1, 0.15) is 12.4 Å². The molecule has 1 aliphatic rings. The molecule has 0 aromatic heterocycles. The Morgan fingerprint density at radius 3 is 2.74 bits per heavy atom. The van der Waals surface area contributed by atoms with Crippen LogP contribution < -0.4 is 10.2 Å². The van der Waals surface area contributed by atoms with Gasteiger partial charge in [0.25, 0.3) is 0 Å². The number of ether oxygens (including phenoxy) is 1. The normalized spacial score (nSPS) is 15.2. The number of hydrogen-bond donors (Lipinski definition) is 1. The maximum atomic E-state index is 13.3. The number of carbonyl (C=O) groups is 2. The monoisotopic (exact) mass is 323 g/mol. The van der Waals surface area contributed by atoms with Gasteiger partial charge in [0.05, 0.1) is 13.2 Å². The van der Waals surface area contributed by atoms with Crippen LogP contribution in [0.5, 0.6) is 0 Å². The van der Waals surface area contributed by atoms with Crippen LogP contribution >= 0.6 is 0 Å². The second-order valence-corrected chi connectivity index (χ2v) is 5.39. The number of morpholine rings is 1. The molecule has 6 nitrogen and oxygen atoms in total. The zero-order valence-corrected chi connectivity index (χ0v) is 13.3. The molecule has 7 heteroatoms. The smallest absolute Gasteiger partial charge is 0.240 e. The fourth-order valence-electron chi connectivity index (χ4n) is 2.41. The van der Waals surface area contributed by atoms with Crippen LogP contribution in [0.4, 0.5) is 10.1 Å². The zero-order valence-electron chi connectivity index (χ0n) is 13.3. The van der Waals surface area contributed by atoms with E-state index in [2.05, 4.69) is 10.2 Å². The Balaban J connectivity index is 1.82. The first-order chi connectivity index (χ1) is 11.1. The molecular formula is C16H22FN3O3. The van der Waals surface area contributed by atoms with Gasteiger partial charge < -0.3 is 15.0 Å². The molecule has 1 saturated heterocycles. The van der Waals surface area contributed by atoms with Gasteiger partial charge in [-0.05, 0) is 18.2 Å². The molecule has 0 atom stereocenters. The number of halogens is 1. The van der Waals surface area contributed by atoms with Crippen molar-refractivity contribution in [2.45, 2.75) is 6.92 Å². The summed E-state index contributed by atoms with van der Waals surface area (Å²) in [6, 6.07) is 5.65. The minimum atomic E-state index is -0.443. The summed E-state index contributed by atoms with van der Waals surface area (Å²) in [6.45, 7) is 5.63. The number of nitrogens with one attached hydrogen (secondary N) is 1. The Hall–Kier alpha value is -1.99. The van der Waals surface area contributed by atoms with Gasteiger partial charge in [-0.2, -0.15) is 0 Å². The minimum absolute atomic E-state index is 0.123. The molecule has 126 valence electrons. The summed E-state index contributed by atoms with van der Waals surface area (Å²) in [4.78, 5) is 27.2. The van der Waals surface area contributed by atoms with Gasteiger partial charge in [0, 0.05) is 38.8 Å². The van der Waals surface area contributed by atoms with Crippen LogP contribution in [0.2, 0.25) is 0 Å². The predicted molar refractivity (Wildman–Crippen MR) is 84.7 cm³/mol. The molecule has 23 heavy (non-hydrogen) atoms. The molecule has 0 spiro atoms. The Kier molecular flexibility index (Phi) is 6.49. The van der Waals surface area contributed by atoms with E-state index in [-0.39, 0.29) is 18.4 Å². The second kappa shape index (κ2) is 8.59. The van der Waals surface area contributed by atoms with Gasteiger partial charge in [-0.25, -0.2) is 4.39 Å². The summed E-state index contributed by atoms with van der Waals surface area (Å²) < 4.78 is 18.5. The molecule has 1 N–H and O–H groups in total. The Morgan fingerprint density at radius 2 is 2.09 bits per heavy atom. The topological polar surface area (TPSA) is 61.9 Å². The fourth-order valence-corrected chi connectivity index (χ4v) is 2.41. The van der Waals surface area contributed by atoms with Crippen molar-refractivity contribution in [2.75, 3.05) is 50.8 Å². The Morgan fingerprint density at radius 1 is 1.35 bits per heavy atom. The number of carbonyl (C=O) groups excluding carboxylic acids is 2. The molecule has 2 rings (SSSR count). The second-order valence-electron chi connectivity index (χ2n) is 5.39. The number of nitrogens with zero attached hydrogens (tertiary/aromatic N) is 2. The molecule has 1 aliphatic heterocycles. The van der Waals surface area contributed by atoms with Crippen LogP contribution in [0.1, 0.15) is 6.92 Å². The van der Waals surface area contributed by atoms with E-state index in [9.17, 15) is 14.0 Å². The average Bonchev–Trinajstić information content (AvgIpc) is 2.53. The highest BCUT2D eigenvalue weighted by atomic mass is 19.1. The van der Waals surface area contributed by atoms with E-state index in [1.807, 2.05) is 0 Å². The summed E-state index contributed by atoms with van der Waals surface area (Å²) in [5, 5.41) is 2.79. The van der Waals surface area contributed by atoms with Crippen molar-refractivity contribution in [3.8, 4) is 0 Å². The molecule has 1 aromatic rings. The summed E-state index contributed by atoms with van der Waals surface area (Å²) >= 11 is 0. The van der Waals surface area contributed by atoms with E-state index < -0.39 is 5.82 Å². The number of amides is 2. The van der Waals surface area contributed by atoms with Crippen molar-refractivity contribution in [3.05, 3.63) is 30.1 Å². The lowest BCUT2D eigenvalue weighted by molar-refractivity contribution is -0.123. The Labute approximate surface area is 135 Å². The highest BCUT2D eigenvalue weighted by Crippen LogP contribution is 2.15. The van der Waals surface area contributed by atoms with E-state index in [1.54, 1.807) is 6.07 Å². The molecule has 0 saturated carbocycles. The SMILES string of the molecule is CC(=O)N(CC(=O)NCCN1CCOCC1)c1cccc(F)c1. The van der Waals surface area contributed by atoms with Gasteiger partial charge in [-0.15, -0.1) is 0 Å². The average molecular weight is 323 g/mol. The van der Waals surface area contributed by atoms with Crippen molar-refractivity contribution < 1.29 is 18.7 Å². The Bertz CT molecular complexity index is 547. The van der Waals surface area contributed by atoms with Crippen LogP contribution in [0.25, 0.3) is 0 Å².